The van der Waals surface area contributed by atoms with E-state index < -0.39 is 58.2 Å². The summed E-state index contributed by atoms with van der Waals surface area (Å²) in [6, 6.07) is 8.89. The predicted molar refractivity (Wildman–Crippen MR) is 154 cm³/mol. The Kier molecular flexibility index (Phi) is 10.9. The SMILES string of the molecule is CC[C@H](C)[C@H](N)C(=O)NS(=O)(=O)OC[C@H]1O[C@@H](CCn2nnc(-c3ccc(OCc4ccc([N+](=O)[O-])s4)cc3)n2)[C@H](O)[C@@H]1O. The Morgan fingerprint density at radius 3 is 2.59 bits per heavy atom. The van der Waals surface area contributed by atoms with E-state index in [9.17, 15) is 33.5 Å². The number of nitrogens with two attached hydrogens (primary N) is 1. The van der Waals surface area contributed by atoms with Crippen molar-refractivity contribution in [1.82, 2.24) is 24.9 Å². The molecule has 0 saturated carbocycles. The summed E-state index contributed by atoms with van der Waals surface area (Å²) < 4.78 is 42.2. The van der Waals surface area contributed by atoms with Gasteiger partial charge in [0.25, 0.3) is 5.91 Å². The van der Waals surface area contributed by atoms with Crippen LogP contribution in [0.25, 0.3) is 11.4 Å². The summed E-state index contributed by atoms with van der Waals surface area (Å²) in [6.45, 7) is 3.22. The van der Waals surface area contributed by atoms with Crippen molar-refractivity contribution in [2.45, 2.75) is 70.3 Å². The van der Waals surface area contributed by atoms with E-state index in [4.69, 9.17) is 19.4 Å². The normalized spacial score (nSPS) is 21.6. The Bertz CT molecular complexity index is 1530. The number of thiophene rings is 1. The molecular formula is C25H33N7O10S2. The zero-order chi connectivity index (χ0) is 32.0. The molecule has 1 aliphatic heterocycles. The number of carbonyl (C=O) groups is 1. The molecular weight excluding hydrogens is 622 g/mol. The number of aliphatic hydroxyl groups excluding tert-OH is 2. The number of aliphatic hydroxyl groups is 2. The number of nitrogens with one attached hydrogen (secondary N) is 1. The van der Waals surface area contributed by atoms with Crippen LogP contribution >= 0.6 is 11.3 Å². The molecule has 3 heterocycles. The molecule has 1 saturated heterocycles. The second-order valence-electron chi connectivity index (χ2n) is 10.1. The molecule has 44 heavy (non-hydrogen) atoms. The molecule has 0 aliphatic carbocycles. The lowest BCUT2D eigenvalue weighted by atomic mass is 10.00. The topological polar surface area (TPSA) is 244 Å². The van der Waals surface area contributed by atoms with Gasteiger partial charge in [-0.25, -0.2) is 4.72 Å². The summed E-state index contributed by atoms with van der Waals surface area (Å²) >= 11 is 1.04. The molecule has 3 aromatic rings. The van der Waals surface area contributed by atoms with E-state index in [1.807, 2.05) is 6.92 Å². The Balaban J connectivity index is 1.24. The van der Waals surface area contributed by atoms with Gasteiger partial charge in [-0.15, -0.1) is 10.2 Å². The summed E-state index contributed by atoms with van der Waals surface area (Å²) in [4.78, 5) is 24.5. The number of ether oxygens (including phenoxy) is 2. The first-order valence-electron chi connectivity index (χ1n) is 13.6. The molecule has 0 spiro atoms. The van der Waals surface area contributed by atoms with Crippen molar-refractivity contribution in [2.24, 2.45) is 11.7 Å². The standard InChI is InChI=1S/C25H33N7O10S2/c1-3-14(2)21(26)25(35)29-44(38,39)41-13-19-23(34)22(33)18(42-19)10-11-31-28-24(27-30-31)15-4-6-16(7-5-15)40-12-17-8-9-20(43-17)32(36)37/h4-9,14,18-19,21-23,33-34H,3,10-13,26H2,1-2H3,(H,29,35)/t14-,18-,19+,21-,22-,23+/m0/s1. The zero-order valence-electron chi connectivity index (χ0n) is 23.8. The van der Waals surface area contributed by atoms with Crippen LogP contribution in [0.3, 0.4) is 0 Å². The van der Waals surface area contributed by atoms with Gasteiger partial charge in [-0.2, -0.15) is 13.2 Å². The number of carbonyl (C=O) groups excluding carboxylic acids is 1. The van der Waals surface area contributed by atoms with Crippen LogP contribution in [-0.4, -0.2) is 86.7 Å². The van der Waals surface area contributed by atoms with E-state index in [2.05, 4.69) is 15.4 Å². The number of tetrazole rings is 1. The van der Waals surface area contributed by atoms with Crippen molar-refractivity contribution in [3.8, 4) is 17.1 Å². The highest BCUT2D eigenvalue weighted by atomic mass is 32.2. The highest BCUT2D eigenvalue weighted by Gasteiger charge is 2.43. The fraction of sp³-hybridized carbons (Fsp3) is 0.520. The van der Waals surface area contributed by atoms with Crippen LogP contribution in [0.2, 0.25) is 0 Å². The summed E-state index contributed by atoms with van der Waals surface area (Å²) in [6.07, 6.45) is -4.12. The molecule has 19 heteroatoms. The van der Waals surface area contributed by atoms with Gasteiger partial charge in [-0.05, 0) is 47.9 Å². The number of benzene rings is 1. The smallest absolute Gasteiger partial charge is 0.362 e. The van der Waals surface area contributed by atoms with Crippen molar-refractivity contribution in [2.75, 3.05) is 6.61 Å². The number of amides is 1. The van der Waals surface area contributed by atoms with Gasteiger partial charge < -0.3 is 25.4 Å². The van der Waals surface area contributed by atoms with Gasteiger partial charge in [0.1, 0.15) is 30.7 Å². The minimum atomic E-state index is -4.53. The summed E-state index contributed by atoms with van der Waals surface area (Å²) in [7, 11) is -4.53. The summed E-state index contributed by atoms with van der Waals surface area (Å²) in [5, 5.41) is 44.0. The van der Waals surface area contributed by atoms with Crippen LogP contribution in [0.1, 0.15) is 31.6 Å². The number of aromatic nitrogens is 4. The van der Waals surface area contributed by atoms with Crippen LogP contribution < -0.4 is 15.2 Å². The zero-order valence-corrected chi connectivity index (χ0v) is 25.4. The number of nitrogens with zero attached hydrogens (tertiary/aromatic N) is 5. The van der Waals surface area contributed by atoms with E-state index in [0.717, 1.165) is 11.3 Å². The van der Waals surface area contributed by atoms with Crippen molar-refractivity contribution in [1.29, 1.82) is 0 Å². The molecule has 1 amide bonds. The highest BCUT2D eigenvalue weighted by molar-refractivity contribution is 7.85. The third-order valence-corrected chi connectivity index (χ3v) is 8.93. The lowest BCUT2D eigenvalue weighted by Gasteiger charge is -2.18. The van der Waals surface area contributed by atoms with Crippen LogP contribution in [0.15, 0.2) is 36.4 Å². The van der Waals surface area contributed by atoms with Crippen LogP contribution in [0.5, 0.6) is 5.75 Å². The van der Waals surface area contributed by atoms with Gasteiger partial charge in [-0.1, -0.05) is 31.6 Å². The summed E-state index contributed by atoms with van der Waals surface area (Å²) in [5.74, 6) is -0.301. The molecule has 5 N–H and O–H groups in total. The first-order valence-corrected chi connectivity index (χ1v) is 15.8. The number of hydrogen-bond acceptors (Lipinski definition) is 15. The molecule has 2 aromatic heterocycles. The molecule has 4 rings (SSSR count). The van der Waals surface area contributed by atoms with Gasteiger partial charge in [0.2, 0.25) is 5.82 Å². The van der Waals surface area contributed by atoms with Gasteiger partial charge in [0.05, 0.1) is 30.2 Å². The van der Waals surface area contributed by atoms with Gasteiger partial charge in [0.15, 0.2) is 0 Å². The fourth-order valence-electron chi connectivity index (χ4n) is 4.18. The fourth-order valence-corrected chi connectivity index (χ4v) is 5.67. The molecule has 17 nitrogen and oxygen atoms in total. The number of aryl methyl sites for hydroxylation is 1. The van der Waals surface area contributed by atoms with E-state index >= 15 is 0 Å². The first kappa shape index (κ1) is 33.3. The van der Waals surface area contributed by atoms with Crippen molar-refractivity contribution in [3.63, 3.8) is 0 Å². The summed E-state index contributed by atoms with van der Waals surface area (Å²) in [5.41, 5.74) is 6.40. The Morgan fingerprint density at radius 1 is 1.23 bits per heavy atom. The maximum absolute atomic E-state index is 12.2. The lowest BCUT2D eigenvalue weighted by molar-refractivity contribution is -0.380. The van der Waals surface area contributed by atoms with Crippen molar-refractivity contribution >= 4 is 32.5 Å². The van der Waals surface area contributed by atoms with E-state index in [1.165, 1.54) is 10.9 Å². The van der Waals surface area contributed by atoms with E-state index in [0.29, 0.717) is 28.4 Å². The highest BCUT2D eigenvalue weighted by Crippen LogP contribution is 2.27. The number of hydrogen-bond donors (Lipinski definition) is 4. The second kappa shape index (κ2) is 14.5. The number of rotatable bonds is 15. The molecule has 1 aliphatic rings. The molecule has 0 bridgehead atoms. The van der Waals surface area contributed by atoms with E-state index in [1.54, 1.807) is 42.0 Å². The molecule has 240 valence electrons. The quantitative estimate of drug-likeness (QED) is 0.129. The number of nitro groups is 1. The molecule has 1 aromatic carbocycles. The first-order chi connectivity index (χ1) is 20.9. The predicted octanol–water partition coefficient (Wildman–Crippen LogP) is 0.519. The Hall–Kier alpha value is -3.59. The van der Waals surface area contributed by atoms with Crippen LogP contribution in [0.4, 0.5) is 5.00 Å². The van der Waals surface area contributed by atoms with Crippen LogP contribution in [-0.2, 0) is 37.2 Å². The maximum atomic E-state index is 12.2. The average Bonchev–Trinajstić information content (AvgIpc) is 3.74. The lowest BCUT2D eigenvalue weighted by Crippen LogP contribution is -2.47. The molecule has 0 radical (unpaired) electrons. The minimum Gasteiger partial charge on any atom is -0.488 e. The van der Waals surface area contributed by atoms with Gasteiger partial charge >= 0.3 is 15.3 Å². The largest absolute Gasteiger partial charge is 0.488 e. The Morgan fingerprint density at radius 2 is 1.93 bits per heavy atom. The van der Waals surface area contributed by atoms with E-state index in [-0.39, 0.29) is 30.5 Å². The molecule has 0 unspecified atom stereocenters. The second-order valence-corrected chi connectivity index (χ2v) is 12.6. The van der Waals surface area contributed by atoms with Gasteiger partial charge in [0, 0.05) is 16.5 Å². The maximum Gasteiger partial charge on any atom is 0.362 e. The third-order valence-electron chi connectivity index (χ3n) is 7.02. The van der Waals surface area contributed by atoms with Crippen LogP contribution in [0, 0.1) is 16.0 Å². The third kappa shape index (κ3) is 8.52. The van der Waals surface area contributed by atoms with Gasteiger partial charge in [-0.3, -0.25) is 19.1 Å². The molecule has 1 fully saturated rings. The Labute approximate surface area is 256 Å². The van der Waals surface area contributed by atoms with Crippen molar-refractivity contribution in [3.05, 3.63) is 51.4 Å². The average molecular weight is 656 g/mol. The van der Waals surface area contributed by atoms with Crippen molar-refractivity contribution < 1.29 is 42.0 Å². The molecule has 6 atom stereocenters. The minimum absolute atomic E-state index is 0.0445. The monoisotopic (exact) mass is 655 g/mol.